The molecule has 0 unspecified atom stereocenters. The van der Waals surface area contributed by atoms with Crippen LogP contribution in [0.15, 0.2) is 51.7 Å². The molecule has 2 aromatic carbocycles. The molecule has 0 amide bonds. The van der Waals surface area contributed by atoms with E-state index in [-0.39, 0.29) is 22.3 Å². The third-order valence-electron chi connectivity index (χ3n) is 3.41. The summed E-state index contributed by atoms with van der Waals surface area (Å²) in [6.45, 7) is 0. The van der Waals surface area contributed by atoms with Crippen LogP contribution in [0.2, 0.25) is 0 Å². The highest BCUT2D eigenvalue weighted by Gasteiger charge is 2.30. The predicted molar refractivity (Wildman–Crippen MR) is 77.1 cm³/mol. The molecule has 0 aliphatic heterocycles. The molecule has 0 saturated carbocycles. The minimum atomic E-state index is -4.46. The van der Waals surface area contributed by atoms with Crippen molar-refractivity contribution < 1.29 is 28.4 Å². The zero-order chi connectivity index (χ0) is 16.8. The fraction of sp³-hybridized carbons (Fsp3) is 0.0625. The van der Waals surface area contributed by atoms with Gasteiger partial charge in [-0.15, -0.1) is 0 Å². The molecule has 0 atom stereocenters. The Morgan fingerprint density at radius 2 is 1.70 bits per heavy atom. The minimum absolute atomic E-state index is 0.158. The van der Waals surface area contributed by atoms with Crippen molar-refractivity contribution in [2.24, 2.45) is 0 Å². The van der Waals surface area contributed by atoms with Gasteiger partial charge in [-0.3, -0.25) is 4.79 Å². The average Bonchev–Trinajstić information content (AvgIpc) is 2.51. The molecule has 118 valence electrons. The Labute approximate surface area is 127 Å². The molecule has 0 fully saturated rings. The number of hydrogen-bond acceptors (Lipinski definition) is 3. The Balaban J connectivity index is 2.19. The molecule has 1 heterocycles. The van der Waals surface area contributed by atoms with Crippen molar-refractivity contribution in [3.63, 3.8) is 0 Å². The first-order valence-electron chi connectivity index (χ1n) is 6.57. The van der Waals surface area contributed by atoms with Crippen LogP contribution in [0.25, 0.3) is 22.3 Å². The summed E-state index contributed by atoms with van der Waals surface area (Å²) in [6.07, 6.45) is -4.46. The van der Waals surface area contributed by atoms with Crippen molar-refractivity contribution in [1.29, 1.82) is 0 Å². The maximum Gasteiger partial charge on any atom is 0.416 e. The van der Waals surface area contributed by atoms with Crippen LogP contribution in [0.5, 0.6) is 5.75 Å². The van der Waals surface area contributed by atoms with Gasteiger partial charge >= 0.3 is 6.18 Å². The topological polar surface area (TPSA) is 78.1 Å². The largest absolute Gasteiger partial charge is 0.502 e. The van der Waals surface area contributed by atoms with Gasteiger partial charge in [-0.05, 0) is 18.2 Å². The lowest BCUT2D eigenvalue weighted by atomic mass is 10.1. The first-order valence-corrected chi connectivity index (χ1v) is 6.57. The number of benzene rings is 2. The Morgan fingerprint density at radius 1 is 1.04 bits per heavy atom. The van der Waals surface area contributed by atoms with Crippen molar-refractivity contribution in [2.75, 3.05) is 0 Å². The summed E-state index contributed by atoms with van der Waals surface area (Å²) in [5.74, 6) is -0.823. The molecule has 7 heteroatoms. The van der Waals surface area contributed by atoms with Gasteiger partial charge in [0.15, 0.2) is 5.76 Å². The van der Waals surface area contributed by atoms with Gasteiger partial charge in [-0.25, -0.2) is 0 Å². The zero-order valence-corrected chi connectivity index (χ0v) is 11.6. The first kappa shape index (κ1) is 15.1. The smallest absolute Gasteiger partial charge is 0.416 e. The van der Waals surface area contributed by atoms with E-state index in [2.05, 4.69) is 5.73 Å². The fourth-order valence-electron chi connectivity index (χ4n) is 2.24. The normalized spacial score (nSPS) is 11.8. The number of aromatic hydroxyl groups is 1. The van der Waals surface area contributed by atoms with Crippen LogP contribution < -0.4 is 11.2 Å². The van der Waals surface area contributed by atoms with E-state index >= 15 is 0 Å². The van der Waals surface area contributed by atoms with Gasteiger partial charge in [0.25, 0.3) is 0 Å². The quantitative estimate of drug-likeness (QED) is 0.723. The summed E-state index contributed by atoms with van der Waals surface area (Å²) in [4.78, 5) is 12.2. The molecule has 3 rings (SSSR count). The minimum Gasteiger partial charge on any atom is -0.502 e. The van der Waals surface area contributed by atoms with E-state index in [1.54, 1.807) is 6.07 Å². The maximum absolute atomic E-state index is 12.6. The summed E-state index contributed by atoms with van der Waals surface area (Å²) >= 11 is 0. The highest BCUT2D eigenvalue weighted by molar-refractivity contribution is 5.83. The molecule has 0 saturated heterocycles. The second-order valence-corrected chi connectivity index (χ2v) is 5.01. The summed E-state index contributed by atoms with van der Waals surface area (Å²) in [6, 6.07) is 8.61. The van der Waals surface area contributed by atoms with Crippen molar-refractivity contribution in [3.05, 3.63) is 58.3 Å². The van der Waals surface area contributed by atoms with Crippen molar-refractivity contribution >= 4 is 16.7 Å². The van der Waals surface area contributed by atoms with E-state index in [1.165, 1.54) is 12.1 Å². The molecule has 0 spiro atoms. The van der Waals surface area contributed by atoms with Gasteiger partial charge in [0.2, 0.25) is 11.2 Å². The summed E-state index contributed by atoms with van der Waals surface area (Å²) in [5, 5.41) is 10.2. The van der Waals surface area contributed by atoms with Crippen LogP contribution in [0, 0.1) is 0 Å². The van der Waals surface area contributed by atoms with Crippen LogP contribution in [-0.4, -0.2) is 5.11 Å². The molecule has 0 radical (unpaired) electrons. The van der Waals surface area contributed by atoms with Crippen molar-refractivity contribution in [2.45, 2.75) is 6.18 Å². The number of rotatable bonds is 1. The zero-order valence-electron chi connectivity index (χ0n) is 11.6. The van der Waals surface area contributed by atoms with Crippen LogP contribution in [-0.2, 0) is 6.18 Å². The third kappa shape index (κ3) is 2.66. The van der Waals surface area contributed by atoms with E-state index in [4.69, 9.17) is 4.42 Å². The van der Waals surface area contributed by atoms with Crippen LogP contribution in [0.3, 0.4) is 0 Å². The van der Waals surface area contributed by atoms with E-state index in [0.717, 1.165) is 24.3 Å². The summed E-state index contributed by atoms with van der Waals surface area (Å²) in [5.41, 5.74) is 3.16. The Kier molecular flexibility index (Phi) is 3.37. The molecular weight excluding hydrogens is 311 g/mol. The number of hydrogen-bond donors (Lipinski definition) is 2. The van der Waals surface area contributed by atoms with Gasteiger partial charge in [-0.2, -0.15) is 13.2 Å². The Hall–Kier alpha value is -2.80. The standard InChI is InChI=1S/C16H10F3NO3/c17-16(18,19)9-3-1-8(2-4-9)15-14(22)13(21)11-7-10(20)5-6-12(11)23-15/h1-7,22H,20H2/p+1. The number of fused-ring (bicyclic) bond motifs is 1. The lowest BCUT2D eigenvalue weighted by Gasteiger charge is -2.09. The molecule has 3 aromatic rings. The van der Waals surface area contributed by atoms with Gasteiger partial charge in [0, 0.05) is 17.7 Å². The molecule has 4 N–H and O–H groups in total. The maximum atomic E-state index is 12.6. The van der Waals surface area contributed by atoms with Gasteiger partial charge in [-0.1, -0.05) is 12.1 Å². The van der Waals surface area contributed by atoms with E-state index in [0.29, 0.717) is 5.69 Å². The van der Waals surface area contributed by atoms with E-state index in [9.17, 15) is 23.1 Å². The lowest BCUT2D eigenvalue weighted by Crippen LogP contribution is -2.40. The SMILES string of the molecule is [NH3+]c1ccc2oc(-c3ccc(C(F)(F)F)cc3)c(O)c(=O)c2c1. The summed E-state index contributed by atoms with van der Waals surface area (Å²) < 4.78 is 43.2. The molecule has 0 aliphatic rings. The second kappa shape index (κ2) is 5.13. The first-order chi connectivity index (χ1) is 10.8. The third-order valence-corrected chi connectivity index (χ3v) is 3.41. The van der Waals surface area contributed by atoms with Crippen molar-refractivity contribution in [1.82, 2.24) is 0 Å². The van der Waals surface area contributed by atoms with Crippen LogP contribution >= 0.6 is 0 Å². The molecular formula is C16H11F3NO3+. The van der Waals surface area contributed by atoms with Crippen LogP contribution in [0.4, 0.5) is 18.9 Å². The van der Waals surface area contributed by atoms with Crippen molar-refractivity contribution in [3.8, 4) is 17.1 Å². The molecule has 0 aliphatic carbocycles. The van der Waals surface area contributed by atoms with Gasteiger partial charge < -0.3 is 15.3 Å². The predicted octanol–water partition coefficient (Wildman–Crippen LogP) is 3.06. The number of alkyl halides is 3. The molecule has 0 bridgehead atoms. The number of halogens is 3. The average molecular weight is 322 g/mol. The Bertz CT molecular complexity index is 944. The highest BCUT2D eigenvalue weighted by atomic mass is 19.4. The second-order valence-electron chi connectivity index (χ2n) is 5.01. The molecule has 23 heavy (non-hydrogen) atoms. The molecule has 1 aromatic heterocycles. The highest BCUT2D eigenvalue weighted by Crippen LogP contribution is 2.34. The van der Waals surface area contributed by atoms with Gasteiger partial charge in [0.05, 0.1) is 10.9 Å². The fourth-order valence-corrected chi connectivity index (χ4v) is 2.24. The number of quaternary nitrogens is 1. The monoisotopic (exact) mass is 322 g/mol. The lowest BCUT2D eigenvalue weighted by molar-refractivity contribution is -0.254. The van der Waals surface area contributed by atoms with Gasteiger partial charge in [0.1, 0.15) is 11.3 Å². The van der Waals surface area contributed by atoms with E-state index in [1.807, 2.05) is 0 Å². The van der Waals surface area contributed by atoms with Crippen LogP contribution in [0.1, 0.15) is 5.56 Å². The Morgan fingerprint density at radius 3 is 2.30 bits per heavy atom. The molecule has 4 nitrogen and oxygen atoms in total. The summed E-state index contributed by atoms with van der Waals surface area (Å²) in [7, 11) is 0. The van der Waals surface area contributed by atoms with E-state index < -0.39 is 22.9 Å².